The summed E-state index contributed by atoms with van der Waals surface area (Å²) < 4.78 is 0. The maximum atomic E-state index is 6.25. The normalized spacial score (nSPS) is 1.50. The standard InChI is InChI=1S/CN.BrH.Cu.2H2N/c1-2;;;;/h;1H;;2*1H2/q-1;;+1;2*-1/p-1. The summed E-state index contributed by atoms with van der Waals surface area (Å²) >= 11 is 6.50. The second-order valence-electron chi connectivity index (χ2n) is 0. The van der Waals surface area contributed by atoms with Gasteiger partial charge in [0.15, 0.2) is 0 Å². The van der Waals surface area contributed by atoms with Gasteiger partial charge in [-0.1, -0.05) is 0 Å². The molecule has 0 aliphatic heterocycles. The zero-order chi connectivity index (χ0) is 4.00. The van der Waals surface area contributed by atoms with Gasteiger partial charge in [0.2, 0.25) is 0 Å². The Kier molecular flexibility index (Phi) is 3380. The summed E-state index contributed by atoms with van der Waals surface area (Å²) in [4.78, 5) is 0. The second kappa shape index (κ2) is 627. The molecule has 0 aromatic heterocycles. The molecule has 0 aliphatic carbocycles. The molecular weight excluding hydrogens is 197 g/mol. The topological polar surface area (TPSA) is 90.8 Å². The van der Waals surface area contributed by atoms with Crippen LogP contribution < -0.4 is 0 Å². The van der Waals surface area contributed by atoms with Crippen molar-refractivity contribution in [3.63, 3.8) is 0 Å². The van der Waals surface area contributed by atoms with E-state index >= 15 is 0 Å². The van der Waals surface area contributed by atoms with E-state index in [-0.39, 0.29) is 12.3 Å². The largest absolute Gasteiger partial charge is 0.693 e. The maximum Gasteiger partial charge on any atom is -0.693 e. The fourth-order valence-corrected chi connectivity index (χ4v) is 0. The molecule has 0 spiro atoms. The maximum absolute atomic E-state index is 6.25. The third-order valence-corrected chi connectivity index (χ3v) is 0. The Morgan fingerprint density at radius 3 is 1.17 bits per heavy atom. The Hall–Kier alpha value is 0.409. The van der Waals surface area contributed by atoms with E-state index in [2.05, 4.69) is 28.3 Å². The molecule has 0 fully saturated rings. The molecule has 0 saturated heterocycles. The molecule has 0 unspecified atom stereocenters. The van der Waals surface area contributed by atoms with Crippen LogP contribution in [0.3, 0.4) is 0 Å². The van der Waals surface area contributed by atoms with Crippen molar-refractivity contribution in [3.05, 3.63) is 18.9 Å². The molecule has 0 saturated carbocycles. The van der Waals surface area contributed by atoms with Crippen molar-refractivity contribution < 1.29 is 14.2 Å². The molecule has 0 aromatic rings. The smallest absolute Gasteiger partial charge is 0.693 e. The van der Waals surface area contributed by atoms with Crippen molar-refractivity contribution in [2.24, 2.45) is 0 Å². The van der Waals surface area contributed by atoms with Crippen molar-refractivity contribution >= 4 is 14.1 Å². The van der Waals surface area contributed by atoms with Crippen LogP contribution in [0, 0.1) is 11.8 Å². The molecule has 0 radical (unpaired) electrons. The number of nitrogens with two attached hydrogens (primary N) is 2. The Morgan fingerprint density at radius 1 is 1.17 bits per heavy atom. The molecule has 44 valence electrons. The zero-order valence-corrected chi connectivity index (χ0v) is 5.31. The third kappa shape index (κ3) is 306. The molecule has 0 aromatic carbocycles. The number of nitrogens with zero attached hydrogens (tertiary/aromatic N) is 1. The van der Waals surface area contributed by atoms with Gasteiger partial charge in [-0.3, -0.25) is 0 Å². The zero-order valence-electron chi connectivity index (χ0n) is 2.78. The number of hydrogen-bond donors (Lipinski definition) is 0. The number of hydrogen-bond acceptors (Lipinski definition) is 1. The predicted molar refractivity (Wildman–Crippen MR) is 24.5 cm³/mol. The van der Waals surface area contributed by atoms with Crippen LogP contribution in [0.4, 0.5) is 0 Å². The average molecular weight is 202 g/mol. The van der Waals surface area contributed by atoms with Crippen LogP contribution in [-0.4, -0.2) is 0 Å². The molecular formula is CH4BrCuN3-3. The summed E-state index contributed by atoms with van der Waals surface area (Å²) in [5.74, 6) is 0. The van der Waals surface area contributed by atoms with Crippen LogP contribution in [0.15, 0.2) is 0 Å². The molecule has 0 amide bonds. The van der Waals surface area contributed by atoms with Crippen LogP contribution in [0.2, 0.25) is 0 Å². The van der Waals surface area contributed by atoms with Gasteiger partial charge in [-0.05, 0) is 0 Å². The van der Waals surface area contributed by atoms with Crippen LogP contribution in [0.5, 0.6) is 0 Å². The second-order valence-corrected chi connectivity index (χ2v) is 0. The monoisotopic (exact) mass is 200 g/mol. The molecule has 0 bridgehead atoms. The first kappa shape index (κ1) is 32.3. The van der Waals surface area contributed by atoms with E-state index in [0.29, 0.717) is 0 Å². The van der Waals surface area contributed by atoms with Crippen LogP contribution >= 0.6 is 14.1 Å². The first-order chi connectivity index (χ1) is 2.00. The van der Waals surface area contributed by atoms with Crippen molar-refractivity contribution in [1.29, 1.82) is 5.26 Å². The van der Waals surface area contributed by atoms with Crippen molar-refractivity contribution in [3.8, 4) is 0 Å². The van der Waals surface area contributed by atoms with E-state index in [1.807, 2.05) is 0 Å². The van der Waals surface area contributed by atoms with E-state index in [1.165, 1.54) is 0 Å². The van der Waals surface area contributed by atoms with Gasteiger partial charge in [-0.25, -0.2) is 0 Å². The van der Waals surface area contributed by atoms with Crippen LogP contribution in [0.1, 0.15) is 0 Å². The Bertz CT molecular complexity index is 15.5. The molecule has 0 aliphatic rings. The first-order valence-corrected chi connectivity index (χ1v) is 2.67. The van der Waals surface area contributed by atoms with Gasteiger partial charge in [-0.15, -0.1) is 0 Å². The Labute approximate surface area is 52.8 Å². The van der Waals surface area contributed by atoms with Crippen LogP contribution in [0.25, 0.3) is 12.3 Å². The Balaban J connectivity index is -0.00000000500. The predicted octanol–water partition coefficient (Wildman–Crippen LogP) is 2.37. The van der Waals surface area contributed by atoms with E-state index in [9.17, 15) is 0 Å². The summed E-state index contributed by atoms with van der Waals surface area (Å²) in [6.07, 6.45) is 0. The van der Waals surface area contributed by atoms with Crippen molar-refractivity contribution in [2.45, 2.75) is 0 Å². The average Bonchev–Trinajstić information content (AvgIpc) is 1.50. The van der Waals surface area contributed by atoms with Crippen LogP contribution in [-0.2, 0) is 14.2 Å². The number of halogens is 1. The Morgan fingerprint density at radius 2 is 1.17 bits per heavy atom. The molecule has 0 atom stereocenters. The van der Waals surface area contributed by atoms with Gasteiger partial charge in [0, 0.05) is 0 Å². The summed E-state index contributed by atoms with van der Waals surface area (Å²) in [6.45, 7) is 4.75. The number of rotatable bonds is 0. The summed E-state index contributed by atoms with van der Waals surface area (Å²) in [7, 11) is 0. The van der Waals surface area contributed by atoms with Gasteiger partial charge >= 0.3 is 28.3 Å². The van der Waals surface area contributed by atoms with Crippen molar-refractivity contribution in [1.82, 2.24) is 0 Å². The fraction of sp³-hybridized carbons (Fsp3) is 0. The molecule has 0 heterocycles. The SMILES string of the molecule is [C-]#N.[Cu][Br].[NH2-].[NH2-]. The quantitative estimate of drug-likeness (QED) is 0.437. The third-order valence-electron chi connectivity index (χ3n) is 0. The summed E-state index contributed by atoms with van der Waals surface area (Å²) in [5, 5.41) is 6.25. The summed E-state index contributed by atoms with van der Waals surface area (Å²) in [6, 6.07) is 0. The fourth-order valence-electron chi connectivity index (χ4n) is 0. The molecule has 3 nitrogen and oxygen atoms in total. The van der Waals surface area contributed by atoms with Crippen molar-refractivity contribution in [2.75, 3.05) is 0 Å². The van der Waals surface area contributed by atoms with E-state index in [4.69, 9.17) is 11.8 Å². The van der Waals surface area contributed by atoms with Gasteiger partial charge in [-0.2, -0.15) is 0 Å². The first-order valence-electron chi connectivity index (χ1n) is 0.338. The summed E-state index contributed by atoms with van der Waals surface area (Å²) in [5.41, 5.74) is 0. The van der Waals surface area contributed by atoms with E-state index in [1.54, 1.807) is 0 Å². The molecule has 5 heteroatoms. The molecule has 0 rings (SSSR count). The van der Waals surface area contributed by atoms with Gasteiger partial charge < -0.3 is 24.1 Å². The van der Waals surface area contributed by atoms with Gasteiger partial charge in [0.05, 0.1) is 0 Å². The minimum atomic E-state index is 0. The molecule has 6 heavy (non-hydrogen) atoms. The molecule has 4 N–H and O–H groups in total. The van der Waals surface area contributed by atoms with Gasteiger partial charge in [0.1, 0.15) is 0 Å². The van der Waals surface area contributed by atoms with Gasteiger partial charge in [0.25, 0.3) is 0 Å². The van der Waals surface area contributed by atoms with E-state index < -0.39 is 0 Å². The minimum Gasteiger partial charge on any atom is -0.693 e. The van der Waals surface area contributed by atoms with E-state index in [0.717, 1.165) is 0 Å². The minimum absolute atomic E-state index is 0.